The van der Waals surface area contributed by atoms with Crippen LogP contribution >= 0.6 is 0 Å². The maximum Gasteiger partial charge on any atom is 0.338 e. The molecule has 11 nitrogen and oxygen atoms in total. The lowest BCUT2D eigenvalue weighted by Crippen LogP contribution is -2.55. The van der Waals surface area contributed by atoms with Crippen LogP contribution in [0.3, 0.4) is 0 Å². The van der Waals surface area contributed by atoms with E-state index in [1.54, 1.807) is 65.1 Å². The van der Waals surface area contributed by atoms with Crippen LogP contribution in [0.5, 0.6) is 0 Å². The largest absolute Gasteiger partial charge is 0.458 e. The highest BCUT2D eigenvalue weighted by molar-refractivity contribution is 6.00. The van der Waals surface area contributed by atoms with E-state index in [4.69, 9.17) is 23.7 Å². The van der Waals surface area contributed by atoms with Gasteiger partial charge in [-0.15, -0.1) is 0 Å². The zero-order valence-electron chi connectivity index (χ0n) is 35.0. The summed E-state index contributed by atoms with van der Waals surface area (Å²) >= 11 is 0. The second-order valence-corrected chi connectivity index (χ2v) is 16.4. The molecule has 1 saturated heterocycles. The summed E-state index contributed by atoms with van der Waals surface area (Å²) in [5.41, 5.74) is -0.612. The van der Waals surface area contributed by atoms with Gasteiger partial charge in [0.2, 0.25) is 0 Å². The molecule has 0 unspecified atom stereocenters. The number of para-hydroxylation sites is 1. The Hall–Kier alpha value is -4.55. The van der Waals surface area contributed by atoms with E-state index in [2.05, 4.69) is 4.98 Å². The minimum Gasteiger partial charge on any atom is -0.458 e. The molecule has 0 aliphatic carbocycles. The third-order valence-corrected chi connectivity index (χ3v) is 11.5. The molecule has 0 saturated carbocycles. The molecule has 0 spiro atoms. The van der Waals surface area contributed by atoms with Crippen molar-refractivity contribution >= 4 is 40.5 Å². The minimum atomic E-state index is -1.68. The standard InChI is InChI=1S/C47H59NO10/c1-9-40-46(7,53)25-29(2)41(49)30(3)26-47(8,55-23-15-16-34-24-36-19-13-14-20-37(36)48-27-34)43(32(5)42(50)33(6)44(51)58-40)56-39-28-54-31(4)21-22-38(39)57-45(52)35-17-11-10-12-18-35/h10-20,24-25,27,30-33,38-40,43,53H,9,21-23,26,28H2,1-8H3/b16-15+,29-25+/t30-,31-,32+,33-,38-,39-,40-,43-,46+,47-/m1/s1. The number of carbonyl (C=O) groups is 4. The van der Waals surface area contributed by atoms with Gasteiger partial charge in [-0.25, -0.2) is 4.79 Å². The van der Waals surface area contributed by atoms with Gasteiger partial charge in [-0.05, 0) is 102 Å². The lowest BCUT2D eigenvalue weighted by molar-refractivity contribution is -0.203. The minimum absolute atomic E-state index is 0.0530. The van der Waals surface area contributed by atoms with E-state index in [1.807, 2.05) is 55.5 Å². The van der Waals surface area contributed by atoms with Gasteiger partial charge < -0.3 is 28.8 Å². The number of aromatic nitrogens is 1. The summed E-state index contributed by atoms with van der Waals surface area (Å²) in [4.78, 5) is 60.2. The van der Waals surface area contributed by atoms with Crippen LogP contribution in [0.1, 0.15) is 97.0 Å². The third-order valence-electron chi connectivity index (χ3n) is 11.5. The summed E-state index contributed by atoms with van der Waals surface area (Å²) in [6, 6.07) is 18.5. The number of pyridine rings is 1. The monoisotopic (exact) mass is 797 g/mol. The molecule has 0 amide bonds. The Morgan fingerprint density at radius 2 is 1.69 bits per heavy atom. The van der Waals surface area contributed by atoms with Crippen LogP contribution < -0.4 is 0 Å². The fourth-order valence-corrected chi connectivity index (χ4v) is 8.12. The van der Waals surface area contributed by atoms with Crippen LogP contribution in [0.2, 0.25) is 0 Å². The maximum atomic E-state index is 14.5. The summed E-state index contributed by atoms with van der Waals surface area (Å²) in [6.45, 7) is 13.7. The van der Waals surface area contributed by atoms with Gasteiger partial charge in [0.1, 0.15) is 29.8 Å². The maximum absolute atomic E-state index is 14.5. The molecule has 3 aromatic rings. The topological polar surface area (TPSA) is 148 Å². The Bertz CT molecular complexity index is 1970. The average Bonchev–Trinajstić information content (AvgIpc) is 3.38. The highest BCUT2D eigenvalue weighted by atomic mass is 16.6. The lowest BCUT2D eigenvalue weighted by Gasteiger charge is -2.44. The summed E-state index contributed by atoms with van der Waals surface area (Å²) in [5.74, 6) is -4.94. The Labute approximate surface area is 342 Å². The van der Waals surface area contributed by atoms with Crippen molar-refractivity contribution in [3.8, 4) is 0 Å². The number of cyclic esters (lactones) is 1. The fraction of sp³-hybridized carbons (Fsp3) is 0.511. The molecule has 5 rings (SSSR count). The normalized spacial score (nSPS) is 32.8. The zero-order valence-corrected chi connectivity index (χ0v) is 35.0. The Morgan fingerprint density at radius 3 is 2.41 bits per heavy atom. The van der Waals surface area contributed by atoms with Gasteiger partial charge in [0.25, 0.3) is 0 Å². The van der Waals surface area contributed by atoms with Crippen LogP contribution in [-0.2, 0) is 38.1 Å². The molecule has 312 valence electrons. The molecule has 2 aromatic carbocycles. The van der Waals surface area contributed by atoms with E-state index in [0.29, 0.717) is 24.0 Å². The number of rotatable bonds is 9. The number of Topliss-reactive ketones (excluding diaryl/α,β-unsaturated/α-hetero) is 2. The van der Waals surface area contributed by atoms with Gasteiger partial charge in [-0.2, -0.15) is 0 Å². The summed E-state index contributed by atoms with van der Waals surface area (Å²) in [6.07, 6.45) is 4.46. The van der Waals surface area contributed by atoms with Crippen LogP contribution in [0, 0.1) is 17.8 Å². The van der Waals surface area contributed by atoms with Gasteiger partial charge >= 0.3 is 11.9 Å². The van der Waals surface area contributed by atoms with Gasteiger partial charge in [0, 0.05) is 23.4 Å². The van der Waals surface area contributed by atoms with Crippen molar-refractivity contribution < 1.29 is 48.0 Å². The average molecular weight is 798 g/mol. The van der Waals surface area contributed by atoms with Crippen molar-refractivity contribution in [3.63, 3.8) is 0 Å². The van der Waals surface area contributed by atoms with E-state index in [9.17, 15) is 24.3 Å². The number of hydrogen-bond acceptors (Lipinski definition) is 11. The highest BCUT2D eigenvalue weighted by Crippen LogP contribution is 2.37. The van der Waals surface area contributed by atoms with E-state index < -0.39 is 71.1 Å². The van der Waals surface area contributed by atoms with E-state index in [1.165, 1.54) is 19.9 Å². The number of benzene rings is 2. The predicted molar refractivity (Wildman–Crippen MR) is 221 cm³/mol. The van der Waals surface area contributed by atoms with Crippen LogP contribution in [0.4, 0.5) is 0 Å². The lowest BCUT2D eigenvalue weighted by atomic mass is 9.76. The molecule has 1 aromatic heterocycles. The van der Waals surface area contributed by atoms with Gasteiger partial charge in [-0.3, -0.25) is 19.4 Å². The fourth-order valence-electron chi connectivity index (χ4n) is 8.12. The Balaban J connectivity index is 1.56. The van der Waals surface area contributed by atoms with Crippen LogP contribution in [0.15, 0.2) is 84.6 Å². The van der Waals surface area contributed by atoms with Crippen LogP contribution in [0.25, 0.3) is 17.0 Å². The SMILES string of the molecule is CC[C@H]1OC(=O)[C@H](C)C(=O)[C@H](C)[C@@H](O[C@@H]2CO[C@H](C)CC[C@H]2OC(=O)c2ccccc2)[C@](C)(OC/C=C/c2cnc3ccccc3c2)C[C@@H](C)C(=O)/C(C)=C/[C@]1(C)O. The number of allylic oxidation sites excluding steroid dienone is 1. The first kappa shape index (κ1) is 44.6. The molecule has 0 bridgehead atoms. The molecule has 10 atom stereocenters. The quantitative estimate of drug-likeness (QED) is 0.168. The second-order valence-electron chi connectivity index (χ2n) is 16.4. The first-order valence-electron chi connectivity index (χ1n) is 20.4. The predicted octanol–water partition coefficient (Wildman–Crippen LogP) is 7.67. The smallest absolute Gasteiger partial charge is 0.338 e. The van der Waals surface area contributed by atoms with Crippen molar-refractivity contribution in [2.24, 2.45) is 17.8 Å². The van der Waals surface area contributed by atoms with Gasteiger partial charge in [-0.1, -0.05) is 69.3 Å². The first-order chi connectivity index (χ1) is 27.5. The molecular weight excluding hydrogens is 739 g/mol. The molecule has 2 aliphatic heterocycles. The number of carbonyl (C=O) groups excluding carboxylic acids is 4. The van der Waals surface area contributed by atoms with Crippen molar-refractivity contribution in [2.45, 2.75) is 123 Å². The summed E-state index contributed by atoms with van der Waals surface area (Å²) in [7, 11) is 0. The molecule has 1 N–H and O–H groups in total. The highest BCUT2D eigenvalue weighted by Gasteiger charge is 2.49. The molecule has 0 radical (unpaired) electrons. The number of ether oxygens (including phenoxy) is 5. The van der Waals surface area contributed by atoms with Crippen molar-refractivity contribution in [1.29, 1.82) is 0 Å². The molecule has 3 heterocycles. The molecule has 1 fully saturated rings. The van der Waals surface area contributed by atoms with E-state index in [0.717, 1.165) is 16.5 Å². The van der Waals surface area contributed by atoms with E-state index >= 15 is 0 Å². The number of fused-ring (bicyclic) bond motifs is 1. The Kier molecular flexibility index (Phi) is 15.0. The number of esters is 2. The van der Waals surface area contributed by atoms with Gasteiger partial charge in [0.05, 0.1) is 42.1 Å². The molecule has 58 heavy (non-hydrogen) atoms. The summed E-state index contributed by atoms with van der Waals surface area (Å²) < 4.78 is 31.9. The number of hydrogen-bond donors (Lipinski definition) is 1. The van der Waals surface area contributed by atoms with Crippen molar-refractivity contribution in [1.82, 2.24) is 4.98 Å². The zero-order chi connectivity index (χ0) is 42.2. The first-order valence-corrected chi connectivity index (χ1v) is 20.4. The number of aliphatic hydroxyl groups is 1. The van der Waals surface area contributed by atoms with Gasteiger partial charge in [0.15, 0.2) is 11.6 Å². The molecule has 2 aliphatic rings. The number of nitrogens with zero attached hydrogens (tertiary/aromatic N) is 1. The summed E-state index contributed by atoms with van der Waals surface area (Å²) in [5, 5.41) is 12.5. The van der Waals surface area contributed by atoms with Crippen molar-refractivity contribution in [3.05, 3.63) is 95.7 Å². The van der Waals surface area contributed by atoms with E-state index in [-0.39, 0.29) is 37.9 Å². The van der Waals surface area contributed by atoms with Crippen LogP contribution in [-0.4, -0.2) is 88.5 Å². The molecule has 11 heteroatoms. The number of ketones is 2. The third kappa shape index (κ3) is 10.9. The van der Waals surface area contributed by atoms with Crippen molar-refractivity contribution in [2.75, 3.05) is 13.2 Å². The Morgan fingerprint density at radius 1 is 0.983 bits per heavy atom. The second kappa shape index (κ2) is 19.5. The molecular formula is C47H59NO10.